The molecular weight excluding hydrogens is 220 g/mol. The summed E-state index contributed by atoms with van der Waals surface area (Å²) in [6.07, 6.45) is 1.60. The lowest BCUT2D eigenvalue weighted by atomic mass is 10.2. The zero-order chi connectivity index (χ0) is 11.8. The molecule has 0 aromatic carbocycles. The fraction of sp³-hybridized carbons (Fsp3) is 0.583. The summed E-state index contributed by atoms with van der Waals surface area (Å²) in [5.74, 6) is 0.275. The number of nitrogens with one attached hydrogen (secondary N) is 1. The van der Waals surface area contributed by atoms with Gasteiger partial charge >= 0.3 is 0 Å². The quantitative estimate of drug-likeness (QED) is 0.704. The number of ketones is 1. The molecule has 1 aromatic heterocycles. The summed E-state index contributed by atoms with van der Waals surface area (Å²) >= 11 is 1.53. The first-order valence-electron chi connectivity index (χ1n) is 5.64. The van der Waals surface area contributed by atoms with Crippen molar-refractivity contribution < 1.29 is 4.79 Å². The summed E-state index contributed by atoms with van der Waals surface area (Å²) in [5, 5.41) is 5.06. The molecule has 0 aliphatic heterocycles. The van der Waals surface area contributed by atoms with Crippen molar-refractivity contribution in [2.75, 3.05) is 33.7 Å². The molecule has 1 rings (SSSR count). The minimum Gasteiger partial charge on any atom is -0.318 e. The van der Waals surface area contributed by atoms with E-state index in [0.717, 1.165) is 30.9 Å². The Labute approximate surface area is 101 Å². The molecule has 0 bridgehead atoms. The van der Waals surface area contributed by atoms with Crippen molar-refractivity contribution in [3.63, 3.8) is 0 Å². The predicted octanol–water partition coefficient (Wildman–Crippen LogP) is 1.86. The Bertz CT molecular complexity index is 298. The number of likely N-dealkylation sites (N-methyl/N-ethyl adjacent to an activating group) is 2. The number of Topliss-reactive ketones (excluding diaryl/α,β-unsaturated/α-hetero) is 1. The van der Waals surface area contributed by atoms with E-state index in [1.54, 1.807) is 0 Å². The van der Waals surface area contributed by atoms with Crippen LogP contribution >= 0.6 is 11.3 Å². The van der Waals surface area contributed by atoms with Crippen LogP contribution in [0.15, 0.2) is 17.5 Å². The topological polar surface area (TPSA) is 32.3 Å². The van der Waals surface area contributed by atoms with Crippen LogP contribution in [0.4, 0.5) is 0 Å². The third-order valence-corrected chi connectivity index (χ3v) is 3.39. The maximum absolute atomic E-state index is 11.7. The molecule has 0 amide bonds. The number of rotatable bonds is 8. The van der Waals surface area contributed by atoms with Crippen LogP contribution in [0.2, 0.25) is 0 Å². The van der Waals surface area contributed by atoms with E-state index in [9.17, 15) is 4.79 Å². The second kappa shape index (κ2) is 7.54. The molecule has 1 heterocycles. The predicted molar refractivity (Wildman–Crippen MR) is 69.3 cm³/mol. The zero-order valence-corrected chi connectivity index (χ0v) is 10.8. The highest BCUT2D eigenvalue weighted by molar-refractivity contribution is 7.12. The van der Waals surface area contributed by atoms with Crippen LogP contribution in [0, 0.1) is 0 Å². The first-order chi connectivity index (χ1) is 7.74. The fourth-order valence-corrected chi connectivity index (χ4v) is 2.18. The number of carbonyl (C=O) groups is 1. The Hall–Kier alpha value is -0.710. The molecule has 90 valence electrons. The highest BCUT2D eigenvalue weighted by Gasteiger charge is 2.06. The number of hydrogen-bond donors (Lipinski definition) is 1. The van der Waals surface area contributed by atoms with Gasteiger partial charge in [-0.15, -0.1) is 11.3 Å². The molecule has 0 saturated carbocycles. The molecule has 0 aliphatic rings. The summed E-state index contributed by atoms with van der Waals surface area (Å²) in [6, 6.07) is 3.83. The highest BCUT2D eigenvalue weighted by atomic mass is 32.1. The van der Waals surface area contributed by atoms with E-state index in [2.05, 4.69) is 17.3 Å². The fourth-order valence-electron chi connectivity index (χ4n) is 1.48. The van der Waals surface area contributed by atoms with Crippen LogP contribution in [0.5, 0.6) is 0 Å². The Morgan fingerprint density at radius 2 is 2.31 bits per heavy atom. The van der Waals surface area contributed by atoms with E-state index in [0.29, 0.717) is 6.42 Å². The van der Waals surface area contributed by atoms with Gasteiger partial charge in [-0.3, -0.25) is 4.79 Å². The van der Waals surface area contributed by atoms with Gasteiger partial charge in [0, 0.05) is 19.5 Å². The third-order valence-electron chi connectivity index (χ3n) is 2.48. The van der Waals surface area contributed by atoms with Crippen LogP contribution in [0.3, 0.4) is 0 Å². The van der Waals surface area contributed by atoms with E-state index in [1.165, 1.54) is 11.3 Å². The first kappa shape index (κ1) is 13.4. The molecule has 16 heavy (non-hydrogen) atoms. The average molecular weight is 240 g/mol. The van der Waals surface area contributed by atoms with Gasteiger partial charge in [0.2, 0.25) is 0 Å². The number of hydrogen-bond acceptors (Lipinski definition) is 4. The minimum absolute atomic E-state index is 0.275. The van der Waals surface area contributed by atoms with Crippen molar-refractivity contribution in [1.29, 1.82) is 0 Å². The van der Waals surface area contributed by atoms with Gasteiger partial charge in [-0.25, -0.2) is 0 Å². The Balaban J connectivity index is 2.13. The Morgan fingerprint density at radius 1 is 1.50 bits per heavy atom. The maximum atomic E-state index is 11.7. The molecule has 4 heteroatoms. The zero-order valence-electron chi connectivity index (χ0n) is 10.0. The first-order valence-corrected chi connectivity index (χ1v) is 6.52. The molecule has 0 aliphatic carbocycles. The summed E-state index contributed by atoms with van der Waals surface area (Å²) in [6.45, 7) is 3.01. The van der Waals surface area contributed by atoms with E-state index in [1.807, 2.05) is 24.6 Å². The molecule has 3 nitrogen and oxygen atoms in total. The monoisotopic (exact) mass is 240 g/mol. The summed E-state index contributed by atoms with van der Waals surface area (Å²) in [5.41, 5.74) is 0. The van der Waals surface area contributed by atoms with Crippen molar-refractivity contribution >= 4 is 17.1 Å². The van der Waals surface area contributed by atoms with E-state index in [4.69, 9.17) is 0 Å². The lowest BCUT2D eigenvalue weighted by Crippen LogP contribution is -2.28. The van der Waals surface area contributed by atoms with Crippen molar-refractivity contribution in [3.8, 4) is 0 Å². The van der Waals surface area contributed by atoms with Crippen molar-refractivity contribution in [3.05, 3.63) is 22.4 Å². The smallest absolute Gasteiger partial charge is 0.172 e. The SMILES string of the molecule is CNCCN(C)CCCC(=O)c1cccs1. The van der Waals surface area contributed by atoms with Gasteiger partial charge < -0.3 is 10.2 Å². The molecule has 1 aromatic rings. The lowest BCUT2D eigenvalue weighted by molar-refractivity contribution is 0.0980. The summed E-state index contributed by atoms with van der Waals surface area (Å²) < 4.78 is 0. The Morgan fingerprint density at radius 3 is 2.94 bits per heavy atom. The van der Waals surface area contributed by atoms with Gasteiger partial charge in [0.1, 0.15) is 0 Å². The third kappa shape index (κ3) is 4.88. The van der Waals surface area contributed by atoms with E-state index < -0.39 is 0 Å². The average Bonchev–Trinajstić information content (AvgIpc) is 2.79. The van der Waals surface area contributed by atoms with Gasteiger partial charge in [-0.2, -0.15) is 0 Å². The van der Waals surface area contributed by atoms with Crippen LogP contribution in [0.25, 0.3) is 0 Å². The standard InChI is InChI=1S/C12H20N2OS/c1-13-7-9-14(2)8-3-5-11(15)12-6-4-10-16-12/h4,6,10,13H,3,5,7-9H2,1-2H3. The second-order valence-corrected chi connectivity index (χ2v) is 4.86. The van der Waals surface area contributed by atoms with Crippen LogP contribution < -0.4 is 5.32 Å². The number of thiophene rings is 1. The maximum Gasteiger partial charge on any atom is 0.172 e. The summed E-state index contributed by atoms with van der Waals surface area (Å²) in [4.78, 5) is 14.8. The van der Waals surface area contributed by atoms with Crippen LogP contribution in [-0.2, 0) is 0 Å². The molecule has 0 radical (unpaired) electrons. The molecule has 0 atom stereocenters. The van der Waals surface area contributed by atoms with Gasteiger partial charge in [-0.05, 0) is 38.5 Å². The van der Waals surface area contributed by atoms with E-state index in [-0.39, 0.29) is 5.78 Å². The van der Waals surface area contributed by atoms with Gasteiger partial charge in [0.05, 0.1) is 4.88 Å². The minimum atomic E-state index is 0.275. The molecule has 1 N–H and O–H groups in total. The van der Waals surface area contributed by atoms with E-state index >= 15 is 0 Å². The molecule has 0 spiro atoms. The van der Waals surface area contributed by atoms with Gasteiger partial charge in [0.25, 0.3) is 0 Å². The van der Waals surface area contributed by atoms with Crippen LogP contribution in [0.1, 0.15) is 22.5 Å². The molecule has 0 saturated heterocycles. The van der Waals surface area contributed by atoms with Crippen molar-refractivity contribution in [2.45, 2.75) is 12.8 Å². The molecular formula is C12H20N2OS. The molecule has 0 unspecified atom stereocenters. The van der Waals surface area contributed by atoms with Gasteiger partial charge in [0.15, 0.2) is 5.78 Å². The molecule has 0 fully saturated rings. The number of nitrogens with zero attached hydrogens (tertiary/aromatic N) is 1. The normalized spacial score (nSPS) is 10.9. The highest BCUT2D eigenvalue weighted by Crippen LogP contribution is 2.12. The summed E-state index contributed by atoms with van der Waals surface area (Å²) in [7, 11) is 4.04. The van der Waals surface area contributed by atoms with Crippen LogP contribution in [-0.4, -0.2) is 44.4 Å². The van der Waals surface area contributed by atoms with Crippen molar-refractivity contribution in [2.24, 2.45) is 0 Å². The second-order valence-electron chi connectivity index (χ2n) is 3.91. The van der Waals surface area contributed by atoms with Crippen molar-refractivity contribution in [1.82, 2.24) is 10.2 Å². The van der Waals surface area contributed by atoms with Gasteiger partial charge in [-0.1, -0.05) is 6.07 Å². The largest absolute Gasteiger partial charge is 0.318 e. The number of carbonyl (C=O) groups excluding carboxylic acids is 1. The lowest BCUT2D eigenvalue weighted by Gasteiger charge is -2.15. The Kier molecular flexibility index (Phi) is 6.30.